The summed E-state index contributed by atoms with van der Waals surface area (Å²) < 4.78 is 14.4. The van der Waals surface area contributed by atoms with Gasteiger partial charge in [0.2, 0.25) is 17.8 Å². The molecule has 1 rings (SSSR count). The van der Waals surface area contributed by atoms with E-state index in [1.165, 1.54) is 26.4 Å². The molecule has 0 radical (unpaired) electrons. The summed E-state index contributed by atoms with van der Waals surface area (Å²) in [4.78, 5) is 20.9. The Morgan fingerprint density at radius 2 is 1.94 bits per heavy atom. The van der Waals surface area contributed by atoms with Crippen LogP contribution in [0.1, 0.15) is 0 Å². The van der Waals surface area contributed by atoms with E-state index < -0.39 is 5.97 Å². The van der Waals surface area contributed by atoms with Crippen LogP contribution in [0.25, 0.3) is 0 Å². The highest BCUT2D eigenvalue weighted by molar-refractivity contribution is 6.21. The lowest BCUT2D eigenvalue weighted by atomic mass is 10.2. The Bertz CT molecular complexity index is 412. The van der Waals surface area contributed by atoms with Crippen molar-refractivity contribution in [2.75, 3.05) is 14.2 Å². The van der Waals surface area contributed by atoms with Gasteiger partial charge in [0.15, 0.2) is 11.5 Å². The summed E-state index contributed by atoms with van der Waals surface area (Å²) in [6, 6.07) is 2.70. The average molecular weight is 226 g/mol. The highest BCUT2D eigenvalue weighted by Crippen LogP contribution is 2.43. The fourth-order valence-electron chi connectivity index (χ4n) is 1.11. The molecule has 0 aliphatic rings. The summed E-state index contributed by atoms with van der Waals surface area (Å²) in [7, 11) is 2.70. The van der Waals surface area contributed by atoms with Gasteiger partial charge in [-0.25, -0.2) is 4.79 Å². The van der Waals surface area contributed by atoms with E-state index in [1.54, 1.807) is 0 Å². The number of hydrogen-bond donors (Lipinski definition) is 1. The third-order valence-corrected chi connectivity index (χ3v) is 1.78. The lowest BCUT2D eigenvalue weighted by Gasteiger charge is -2.12. The molecule has 0 bridgehead atoms. The number of carbonyl (C=O) groups is 2. The molecule has 0 fully saturated rings. The molecule has 0 aliphatic heterocycles. The van der Waals surface area contributed by atoms with Gasteiger partial charge < -0.3 is 19.3 Å². The summed E-state index contributed by atoms with van der Waals surface area (Å²) in [6.45, 7) is 0. The Balaban J connectivity index is 3.22. The molecule has 0 aliphatic carbocycles. The maximum atomic E-state index is 10.8. The zero-order chi connectivity index (χ0) is 12.1. The van der Waals surface area contributed by atoms with Gasteiger partial charge in [0.25, 0.3) is 0 Å². The molecule has 1 N–H and O–H groups in total. The third-order valence-electron chi connectivity index (χ3n) is 1.78. The van der Waals surface area contributed by atoms with Crippen molar-refractivity contribution in [2.24, 2.45) is 0 Å². The van der Waals surface area contributed by atoms with Gasteiger partial charge in [0, 0.05) is 0 Å². The summed E-state index contributed by atoms with van der Waals surface area (Å²) >= 11 is 0. The van der Waals surface area contributed by atoms with Crippen molar-refractivity contribution < 1.29 is 28.9 Å². The second kappa shape index (κ2) is 5.01. The van der Waals surface area contributed by atoms with Gasteiger partial charge >= 0.3 is 5.97 Å². The Labute approximate surface area is 91.3 Å². The van der Waals surface area contributed by atoms with Gasteiger partial charge in [0.05, 0.1) is 14.2 Å². The molecule has 0 aromatic heterocycles. The highest BCUT2D eigenvalue weighted by Gasteiger charge is 2.18. The smallest absolute Gasteiger partial charge is 0.376 e. The van der Waals surface area contributed by atoms with Crippen LogP contribution in [0.15, 0.2) is 12.1 Å². The lowest BCUT2D eigenvalue weighted by Crippen LogP contribution is -2.09. The van der Waals surface area contributed by atoms with Crippen molar-refractivity contribution in [3.8, 4) is 23.0 Å². The maximum Gasteiger partial charge on any atom is 0.376 e. The summed E-state index contributed by atoms with van der Waals surface area (Å²) in [6.07, 6.45) is -0.0155. The Kier molecular flexibility index (Phi) is 3.71. The van der Waals surface area contributed by atoms with Crippen molar-refractivity contribution in [2.45, 2.75) is 0 Å². The molecule has 86 valence electrons. The number of hydrogen-bond acceptors (Lipinski definition) is 6. The standard InChI is InChI=1S/C10H10O6/c1-14-7-4-3-6(12)9(10(7)15-2)16-8(13)5-11/h3-5,12H,1-2H3. The SMILES string of the molecule is COc1ccc(O)c(OC(=O)C=O)c1OC. The minimum atomic E-state index is -1.14. The van der Waals surface area contributed by atoms with E-state index in [4.69, 9.17) is 9.47 Å². The molecule has 0 amide bonds. The van der Waals surface area contributed by atoms with Gasteiger partial charge in [-0.1, -0.05) is 0 Å². The average Bonchev–Trinajstić information content (AvgIpc) is 2.31. The van der Waals surface area contributed by atoms with Crippen molar-refractivity contribution in [3.05, 3.63) is 12.1 Å². The minimum Gasteiger partial charge on any atom is -0.504 e. The van der Waals surface area contributed by atoms with E-state index in [-0.39, 0.29) is 29.3 Å². The van der Waals surface area contributed by atoms with Crippen LogP contribution < -0.4 is 14.2 Å². The molecular formula is C10H10O6. The van der Waals surface area contributed by atoms with E-state index in [0.717, 1.165) is 0 Å². The fraction of sp³-hybridized carbons (Fsp3) is 0.200. The number of carbonyl (C=O) groups excluding carboxylic acids is 2. The number of rotatable bonds is 4. The number of methoxy groups -OCH3 is 2. The van der Waals surface area contributed by atoms with Gasteiger partial charge in [0.1, 0.15) is 0 Å². The molecule has 0 heterocycles. The van der Waals surface area contributed by atoms with Crippen molar-refractivity contribution in [1.82, 2.24) is 0 Å². The zero-order valence-corrected chi connectivity index (χ0v) is 8.72. The molecule has 0 saturated carbocycles. The fourth-order valence-corrected chi connectivity index (χ4v) is 1.11. The van der Waals surface area contributed by atoms with Crippen LogP contribution >= 0.6 is 0 Å². The largest absolute Gasteiger partial charge is 0.504 e. The monoisotopic (exact) mass is 226 g/mol. The van der Waals surface area contributed by atoms with Gasteiger partial charge in [-0.15, -0.1) is 0 Å². The van der Waals surface area contributed by atoms with Crippen LogP contribution in [-0.2, 0) is 9.59 Å². The molecule has 1 aromatic rings. The summed E-state index contributed by atoms with van der Waals surface area (Å²) in [5.74, 6) is -1.40. The number of esters is 1. The molecule has 6 nitrogen and oxygen atoms in total. The number of aldehydes is 1. The number of benzene rings is 1. The first-order valence-corrected chi connectivity index (χ1v) is 4.25. The van der Waals surface area contributed by atoms with E-state index in [9.17, 15) is 14.7 Å². The Hall–Kier alpha value is -2.24. The summed E-state index contributed by atoms with van der Waals surface area (Å²) in [5.41, 5.74) is 0. The number of phenolic OH excluding ortho intramolecular Hbond substituents is 1. The van der Waals surface area contributed by atoms with Crippen LogP contribution in [0.2, 0.25) is 0 Å². The molecular weight excluding hydrogens is 216 g/mol. The Morgan fingerprint density at radius 1 is 1.25 bits per heavy atom. The lowest BCUT2D eigenvalue weighted by molar-refractivity contribution is -0.141. The van der Waals surface area contributed by atoms with E-state index >= 15 is 0 Å². The molecule has 0 unspecified atom stereocenters. The predicted octanol–water partition coefficient (Wildman–Crippen LogP) is 0.514. The second-order valence-corrected chi connectivity index (χ2v) is 2.69. The first kappa shape index (κ1) is 11.8. The first-order chi connectivity index (χ1) is 7.63. The number of ether oxygens (including phenoxy) is 3. The molecule has 0 saturated heterocycles. The van der Waals surface area contributed by atoms with Crippen LogP contribution in [-0.4, -0.2) is 31.6 Å². The topological polar surface area (TPSA) is 82.1 Å². The first-order valence-electron chi connectivity index (χ1n) is 4.25. The van der Waals surface area contributed by atoms with Crippen LogP contribution in [0.3, 0.4) is 0 Å². The van der Waals surface area contributed by atoms with Gasteiger partial charge in [-0.3, -0.25) is 4.79 Å². The van der Waals surface area contributed by atoms with Gasteiger partial charge in [-0.05, 0) is 12.1 Å². The van der Waals surface area contributed by atoms with E-state index in [0.29, 0.717) is 0 Å². The highest BCUT2D eigenvalue weighted by atomic mass is 16.6. The molecule has 16 heavy (non-hydrogen) atoms. The quantitative estimate of drug-likeness (QED) is 0.348. The van der Waals surface area contributed by atoms with E-state index in [1.807, 2.05) is 0 Å². The predicted molar refractivity (Wildman–Crippen MR) is 52.9 cm³/mol. The molecule has 0 atom stereocenters. The Morgan fingerprint density at radius 3 is 2.44 bits per heavy atom. The second-order valence-electron chi connectivity index (χ2n) is 2.69. The third kappa shape index (κ3) is 2.22. The van der Waals surface area contributed by atoms with E-state index in [2.05, 4.69) is 4.74 Å². The molecule has 0 spiro atoms. The van der Waals surface area contributed by atoms with Crippen molar-refractivity contribution in [3.63, 3.8) is 0 Å². The van der Waals surface area contributed by atoms with Crippen molar-refractivity contribution in [1.29, 1.82) is 0 Å². The van der Waals surface area contributed by atoms with Crippen LogP contribution in [0, 0.1) is 0 Å². The maximum absolute atomic E-state index is 10.8. The summed E-state index contributed by atoms with van der Waals surface area (Å²) in [5, 5.41) is 9.46. The molecule has 6 heteroatoms. The zero-order valence-electron chi connectivity index (χ0n) is 8.72. The van der Waals surface area contributed by atoms with Crippen LogP contribution in [0.4, 0.5) is 0 Å². The van der Waals surface area contributed by atoms with Gasteiger partial charge in [-0.2, -0.15) is 0 Å². The van der Waals surface area contributed by atoms with Crippen molar-refractivity contribution >= 4 is 12.3 Å². The number of phenols is 1. The number of aromatic hydroxyl groups is 1. The molecule has 1 aromatic carbocycles. The normalized spacial score (nSPS) is 9.38. The minimum absolute atomic E-state index is 0.0155. The van der Waals surface area contributed by atoms with Crippen LogP contribution in [0.5, 0.6) is 23.0 Å².